The van der Waals surface area contributed by atoms with Gasteiger partial charge in [-0.05, 0) is 37.7 Å². The molecule has 0 aromatic rings. The van der Waals surface area contributed by atoms with Crippen molar-refractivity contribution in [3.8, 4) is 0 Å². The zero-order chi connectivity index (χ0) is 11.8. The second-order valence-corrected chi connectivity index (χ2v) is 4.27. The molecule has 2 N–H and O–H groups in total. The van der Waals surface area contributed by atoms with Crippen LogP contribution in [-0.2, 0) is 0 Å². The Kier molecular flexibility index (Phi) is 7.19. The first-order valence-electron chi connectivity index (χ1n) is 6.23. The largest absolute Gasteiger partial charge is 0.399 e. The Morgan fingerprint density at radius 1 is 1.27 bits per heavy atom. The van der Waals surface area contributed by atoms with Crippen molar-refractivity contribution in [1.82, 2.24) is 0 Å². The van der Waals surface area contributed by atoms with E-state index >= 15 is 0 Å². The van der Waals surface area contributed by atoms with Crippen LogP contribution < -0.4 is 5.73 Å². The van der Waals surface area contributed by atoms with E-state index in [9.17, 15) is 0 Å². The third kappa shape index (κ3) is 4.55. The Hall–Kier alpha value is -0.720. The summed E-state index contributed by atoms with van der Waals surface area (Å²) < 4.78 is 0. The van der Waals surface area contributed by atoms with Crippen molar-refractivity contribution in [3.05, 3.63) is 22.9 Å². The van der Waals surface area contributed by atoms with Crippen LogP contribution in [0.2, 0.25) is 0 Å². The third-order valence-corrected chi connectivity index (χ3v) is 3.18. The molecule has 0 radical (unpaired) electrons. The van der Waals surface area contributed by atoms with Crippen LogP contribution in [0.4, 0.5) is 0 Å². The quantitative estimate of drug-likeness (QED) is 0.645. The van der Waals surface area contributed by atoms with Gasteiger partial charge in [0.1, 0.15) is 0 Å². The molecular weight excluding hydrogens is 182 g/mol. The lowest BCUT2D eigenvalue weighted by atomic mass is 9.92. The second kappa shape index (κ2) is 7.56. The van der Waals surface area contributed by atoms with Crippen molar-refractivity contribution >= 4 is 0 Å². The first-order valence-corrected chi connectivity index (χ1v) is 6.23. The van der Waals surface area contributed by atoms with E-state index in [4.69, 9.17) is 5.73 Å². The second-order valence-electron chi connectivity index (χ2n) is 4.27. The molecule has 0 aliphatic heterocycles. The number of hydrogen-bond donors (Lipinski definition) is 1. The van der Waals surface area contributed by atoms with Gasteiger partial charge in [-0.15, -0.1) is 0 Å². The van der Waals surface area contributed by atoms with Crippen molar-refractivity contribution in [2.45, 2.75) is 60.3 Å². The van der Waals surface area contributed by atoms with Crippen LogP contribution in [-0.4, -0.2) is 0 Å². The van der Waals surface area contributed by atoms with Crippen LogP contribution in [0, 0.1) is 5.92 Å². The molecular formula is C14H27N. The maximum Gasteiger partial charge on any atom is 0.0305 e. The number of rotatable bonds is 6. The molecule has 0 aromatic heterocycles. The Bertz CT molecular complexity index is 236. The van der Waals surface area contributed by atoms with Gasteiger partial charge in [0.2, 0.25) is 0 Å². The summed E-state index contributed by atoms with van der Waals surface area (Å²) in [6.07, 6.45) is 6.66. The molecule has 0 aliphatic carbocycles. The van der Waals surface area contributed by atoms with Gasteiger partial charge in [0, 0.05) is 5.70 Å². The Morgan fingerprint density at radius 3 is 2.27 bits per heavy atom. The smallest absolute Gasteiger partial charge is 0.0305 e. The fraction of sp³-hybridized carbons (Fsp3) is 0.714. The maximum atomic E-state index is 6.11. The minimum atomic E-state index is 0.647. The van der Waals surface area contributed by atoms with Crippen LogP contribution >= 0.6 is 0 Å². The number of hydrogen-bond acceptors (Lipinski definition) is 1. The van der Waals surface area contributed by atoms with Crippen molar-refractivity contribution in [2.75, 3.05) is 0 Å². The van der Waals surface area contributed by atoms with E-state index in [1.54, 1.807) is 0 Å². The average molecular weight is 209 g/mol. The van der Waals surface area contributed by atoms with Crippen LogP contribution in [0.1, 0.15) is 60.3 Å². The van der Waals surface area contributed by atoms with Gasteiger partial charge in [-0.2, -0.15) is 0 Å². The summed E-state index contributed by atoms with van der Waals surface area (Å²) in [5, 5.41) is 0. The highest BCUT2D eigenvalue weighted by atomic mass is 14.6. The maximum absolute atomic E-state index is 6.11. The summed E-state index contributed by atoms with van der Waals surface area (Å²) in [6.45, 7) is 11.1. The highest BCUT2D eigenvalue weighted by Gasteiger charge is 2.08. The van der Waals surface area contributed by atoms with Crippen LogP contribution in [0.15, 0.2) is 22.9 Å². The molecule has 15 heavy (non-hydrogen) atoms. The third-order valence-electron chi connectivity index (χ3n) is 3.18. The number of nitrogens with two attached hydrogens (primary N) is 1. The Morgan fingerprint density at radius 2 is 1.87 bits per heavy atom. The van der Waals surface area contributed by atoms with Gasteiger partial charge >= 0.3 is 0 Å². The summed E-state index contributed by atoms with van der Waals surface area (Å²) >= 11 is 0. The summed E-state index contributed by atoms with van der Waals surface area (Å²) in [4.78, 5) is 0. The molecule has 0 spiro atoms. The van der Waals surface area contributed by atoms with E-state index in [2.05, 4.69) is 40.7 Å². The fourth-order valence-electron chi connectivity index (χ4n) is 1.74. The highest BCUT2D eigenvalue weighted by Crippen LogP contribution is 2.23. The normalized spacial score (nSPS) is 16.2. The average Bonchev–Trinajstić information content (AvgIpc) is 2.25. The lowest BCUT2D eigenvalue weighted by molar-refractivity contribution is 0.645. The van der Waals surface area contributed by atoms with Gasteiger partial charge in [-0.3, -0.25) is 0 Å². The van der Waals surface area contributed by atoms with Crippen LogP contribution in [0.5, 0.6) is 0 Å². The molecule has 0 saturated heterocycles. The summed E-state index contributed by atoms with van der Waals surface area (Å²) in [5.41, 5.74) is 9.93. The molecule has 0 aromatic carbocycles. The first kappa shape index (κ1) is 14.3. The van der Waals surface area contributed by atoms with Crippen LogP contribution in [0.3, 0.4) is 0 Å². The zero-order valence-corrected chi connectivity index (χ0v) is 11.1. The fourth-order valence-corrected chi connectivity index (χ4v) is 1.74. The molecule has 0 saturated carbocycles. The number of allylic oxidation sites excluding steroid dienone is 3. The molecule has 1 heteroatoms. The first-order chi connectivity index (χ1) is 7.08. The minimum Gasteiger partial charge on any atom is -0.399 e. The van der Waals surface area contributed by atoms with Crippen molar-refractivity contribution in [2.24, 2.45) is 11.7 Å². The zero-order valence-electron chi connectivity index (χ0n) is 11.1. The summed E-state index contributed by atoms with van der Waals surface area (Å²) in [5.74, 6) is 0.647. The van der Waals surface area contributed by atoms with Gasteiger partial charge in [0.05, 0.1) is 0 Å². The predicted octanol–water partition coefficient (Wildman–Crippen LogP) is 4.40. The van der Waals surface area contributed by atoms with E-state index in [0.29, 0.717) is 5.92 Å². The molecule has 88 valence electrons. The molecule has 0 amide bonds. The van der Waals surface area contributed by atoms with E-state index in [1.807, 2.05) is 0 Å². The molecule has 0 aliphatic rings. The SMILES string of the molecule is CCC/C=C(N)/C(CC)=C(/C)C(C)CC. The molecule has 1 nitrogen and oxygen atoms in total. The summed E-state index contributed by atoms with van der Waals surface area (Å²) in [7, 11) is 0. The van der Waals surface area contributed by atoms with Gasteiger partial charge in [-0.25, -0.2) is 0 Å². The topological polar surface area (TPSA) is 26.0 Å². The number of unbranched alkanes of at least 4 members (excludes halogenated alkanes) is 1. The van der Waals surface area contributed by atoms with Crippen molar-refractivity contribution in [3.63, 3.8) is 0 Å². The molecule has 0 heterocycles. The Labute approximate surface area is 95.4 Å². The molecule has 0 bridgehead atoms. The monoisotopic (exact) mass is 209 g/mol. The van der Waals surface area contributed by atoms with E-state index in [-0.39, 0.29) is 0 Å². The Balaban J connectivity index is 4.87. The van der Waals surface area contributed by atoms with Gasteiger partial charge in [-0.1, -0.05) is 45.8 Å². The van der Waals surface area contributed by atoms with E-state index in [0.717, 1.165) is 18.5 Å². The standard InChI is InChI=1S/C14H27N/c1-6-9-10-14(15)13(8-3)12(5)11(4)7-2/h10-11H,6-9,15H2,1-5H3/b13-12-,14-10-. The van der Waals surface area contributed by atoms with Crippen molar-refractivity contribution in [1.29, 1.82) is 0 Å². The molecule has 1 unspecified atom stereocenters. The van der Waals surface area contributed by atoms with Gasteiger partial charge < -0.3 is 5.73 Å². The lowest BCUT2D eigenvalue weighted by Crippen LogP contribution is -2.07. The van der Waals surface area contributed by atoms with E-state index < -0.39 is 0 Å². The van der Waals surface area contributed by atoms with Gasteiger partial charge in [0.25, 0.3) is 0 Å². The molecule has 1 atom stereocenters. The molecule has 0 fully saturated rings. The summed E-state index contributed by atoms with van der Waals surface area (Å²) in [6, 6.07) is 0. The molecule has 0 rings (SSSR count). The van der Waals surface area contributed by atoms with E-state index in [1.165, 1.54) is 24.0 Å². The lowest BCUT2D eigenvalue weighted by Gasteiger charge is -2.16. The highest BCUT2D eigenvalue weighted by molar-refractivity contribution is 5.33. The van der Waals surface area contributed by atoms with Crippen LogP contribution in [0.25, 0.3) is 0 Å². The van der Waals surface area contributed by atoms with Gasteiger partial charge in [0.15, 0.2) is 0 Å². The minimum absolute atomic E-state index is 0.647. The predicted molar refractivity (Wildman–Crippen MR) is 69.6 cm³/mol. The van der Waals surface area contributed by atoms with Crippen molar-refractivity contribution < 1.29 is 0 Å².